The molecular formula is C14H17NOS. The lowest BCUT2D eigenvalue weighted by molar-refractivity contribution is 0.0430. The Hall–Kier alpha value is -1.16. The molecule has 2 nitrogen and oxygen atoms in total. The molecule has 2 aromatic rings. The Morgan fingerprint density at radius 2 is 1.94 bits per heavy atom. The van der Waals surface area contributed by atoms with Crippen LogP contribution in [-0.4, -0.2) is 6.61 Å². The van der Waals surface area contributed by atoms with Crippen LogP contribution < -0.4 is 5.73 Å². The molecule has 2 atom stereocenters. The van der Waals surface area contributed by atoms with Crippen LogP contribution in [0.15, 0.2) is 47.2 Å². The molecule has 0 amide bonds. The van der Waals surface area contributed by atoms with Crippen molar-refractivity contribution in [1.82, 2.24) is 0 Å². The van der Waals surface area contributed by atoms with E-state index in [1.807, 2.05) is 30.5 Å². The van der Waals surface area contributed by atoms with Gasteiger partial charge in [0.25, 0.3) is 0 Å². The number of rotatable bonds is 5. The Morgan fingerprint density at radius 1 is 1.18 bits per heavy atom. The predicted octanol–water partition coefficient (Wildman–Crippen LogP) is 3.53. The molecular weight excluding hydrogens is 230 g/mol. The van der Waals surface area contributed by atoms with Crippen molar-refractivity contribution in [2.75, 3.05) is 6.61 Å². The van der Waals surface area contributed by atoms with Crippen molar-refractivity contribution < 1.29 is 4.74 Å². The fourth-order valence-electron chi connectivity index (χ4n) is 1.87. The first kappa shape index (κ1) is 12.3. The van der Waals surface area contributed by atoms with Crippen molar-refractivity contribution in [2.24, 2.45) is 5.73 Å². The van der Waals surface area contributed by atoms with Crippen LogP contribution in [0, 0.1) is 0 Å². The molecule has 0 aliphatic rings. The van der Waals surface area contributed by atoms with Crippen LogP contribution >= 0.6 is 11.3 Å². The third-order valence-corrected chi connectivity index (χ3v) is 3.43. The summed E-state index contributed by atoms with van der Waals surface area (Å²) >= 11 is 1.66. The standard InChI is InChI=1S/C14H17NOS/c1-2-16-14(11-6-4-3-5-7-11)13(15)12-8-9-17-10-12/h3-10,13-14H,2,15H2,1H3. The summed E-state index contributed by atoms with van der Waals surface area (Å²) in [6.45, 7) is 2.66. The van der Waals surface area contributed by atoms with Gasteiger partial charge < -0.3 is 10.5 Å². The van der Waals surface area contributed by atoms with E-state index in [2.05, 4.69) is 23.6 Å². The Bertz CT molecular complexity index is 427. The SMILES string of the molecule is CCOC(c1ccccc1)C(N)c1ccsc1. The van der Waals surface area contributed by atoms with Gasteiger partial charge in [-0.2, -0.15) is 11.3 Å². The first-order valence-corrected chi connectivity index (χ1v) is 6.71. The second-order valence-corrected chi connectivity index (χ2v) is 4.65. The summed E-state index contributed by atoms with van der Waals surface area (Å²) in [6.07, 6.45) is -0.0733. The van der Waals surface area contributed by atoms with E-state index in [1.165, 1.54) is 0 Å². The minimum Gasteiger partial charge on any atom is -0.372 e. The Kier molecular flexibility index (Phi) is 4.31. The summed E-state index contributed by atoms with van der Waals surface area (Å²) in [5.74, 6) is 0. The van der Waals surface area contributed by atoms with Crippen LogP contribution in [0.3, 0.4) is 0 Å². The molecule has 2 N–H and O–H groups in total. The molecule has 0 saturated carbocycles. The van der Waals surface area contributed by atoms with Crippen molar-refractivity contribution in [2.45, 2.75) is 19.1 Å². The second-order valence-electron chi connectivity index (χ2n) is 3.87. The number of hydrogen-bond donors (Lipinski definition) is 1. The van der Waals surface area contributed by atoms with E-state index in [0.29, 0.717) is 6.61 Å². The molecule has 0 spiro atoms. The average molecular weight is 247 g/mol. The monoisotopic (exact) mass is 247 g/mol. The van der Waals surface area contributed by atoms with Gasteiger partial charge in [0.1, 0.15) is 6.10 Å². The number of ether oxygens (including phenoxy) is 1. The maximum atomic E-state index is 6.28. The largest absolute Gasteiger partial charge is 0.372 e. The highest BCUT2D eigenvalue weighted by molar-refractivity contribution is 7.07. The molecule has 3 heteroatoms. The van der Waals surface area contributed by atoms with Gasteiger partial charge in [-0.1, -0.05) is 30.3 Å². The first-order chi connectivity index (χ1) is 8.33. The smallest absolute Gasteiger partial charge is 0.102 e. The van der Waals surface area contributed by atoms with Gasteiger partial charge in [0, 0.05) is 6.61 Å². The minimum atomic E-state index is -0.108. The number of hydrogen-bond acceptors (Lipinski definition) is 3. The summed E-state index contributed by atoms with van der Waals surface area (Å²) in [5.41, 5.74) is 8.55. The molecule has 0 saturated heterocycles. The van der Waals surface area contributed by atoms with Crippen LogP contribution in [0.1, 0.15) is 30.2 Å². The zero-order valence-electron chi connectivity index (χ0n) is 9.87. The molecule has 0 fully saturated rings. The maximum absolute atomic E-state index is 6.28. The van der Waals surface area contributed by atoms with Gasteiger partial charge in [-0.05, 0) is 34.9 Å². The molecule has 2 unspecified atom stereocenters. The van der Waals surface area contributed by atoms with Crippen molar-refractivity contribution in [3.05, 3.63) is 58.3 Å². The quantitative estimate of drug-likeness (QED) is 0.877. The summed E-state index contributed by atoms with van der Waals surface area (Å²) in [7, 11) is 0. The van der Waals surface area contributed by atoms with Crippen molar-refractivity contribution in [3.63, 3.8) is 0 Å². The van der Waals surface area contributed by atoms with Crippen molar-refractivity contribution in [3.8, 4) is 0 Å². The Balaban J connectivity index is 2.23. The highest BCUT2D eigenvalue weighted by Crippen LogP contribution is 2.30. The van der Waals surface area contributed by atoms with Gasteiger partial charge in [0.05, 0.1) is 6.04 Å². The summed E-state index contributed by atoms with van der Waals surface area (Å²) in [4.78, 5) is 0. The summed E-state index contributed by atoms with van der Waals surface area (Å²) in [5, 5.41) is 4.13. The highest BCUT2D eigenvalue weighted by Gasteiger charge is 2.21. The lowest BCUT2D eigenvalue weighted by Gasteiger charge is -2.23. The molecule has 1 heterocycles. The minimum absolute atomic E-state index is 0.0733. The molecule has 90 valence electrons. The van der Waals surface area contributed by atoms with E-state index < -0.39 is 0 Å². The summed E-state index contributed by atoms with van der Waals surface area (Å²) in [6, 6.07) is 12.1. The van der Waals surface area contributed by atoms with Gasteiger partial charge in [-0.25, -0.2) is 0 Å². The van der Waals surface area contributed by atoms with Crippen LogP contribution in [-0.2, 0) is 4.74 Å². The second kappa shape index (κ2) is 5.96. The molecule has 0 bridgehead atoms. The number of nitrogens with two attached hydrogens (primary N) is 1. The lowest BCUT2D eigenvalue weighted by Crippen LogP contribution is -2.21. The van der Waals surface area contributed by atoms with Crippen LogP contribution in [0.5, 0.6) is 0 Å². The molecule has 2 rings (SSSR count). The van der Waals surface area contributed by atoms with E-state index in [0.717, 1.165) is 11.1 Å². The maximum Gasteiger partial charge on any atom is 0.102 e. The van der Waals surface area contributed by atoms with Gasteiger partial charge in [0.15, 0.2) is 0 Å². The van der Waals surface area contributed by atoms with E-state index in [1.54, 1.807) is 11.3 Å². The molecule has 1 aromatic carbocycles. The number of benzene rings is 1. The molecule has 17 heavy (non-hydrogen) atoms. The molecule has 0 aliphatic heterocycles. The van der Waals surface area contributed by atoms with Gasteiger partial charge >= 0.3 is 0 Å². The zero-order valence-corrected chi connectivity index (χ0v) is 10.7. The Morgan fingerprint density at radius 3 is 2.53 bits per heavy atom. The fraction of sp³-hybridized carbons (Fsp3) is 0.286. The van der Waals surface area contributed by atoms with E-state index in [-0.39, 0.29) is 12.1 Å². The third kappa shape index (κ3) is 2.94. The van der Waals surface area contributed by atoms with Crippen LogP contribution in [0.4, 0.5) is 0 Å². The summed E-state index contributed by atoms with van der Waals surface area (Å²) < 4.78 is 5.79. The first-order valence-electron chi connectivity index (χ1n) is 5.77. The predicted molar refractivity (Wildman–Crippen MR) is 72.1 cm³/mol. The van der Waals surface area contributed by atoms with Gasteiger partial charge in [-0.3, -0.25) is 0 Å². The molecule has 1 aromatic heterocycles. The van der Waals surface area contributed by atoms with E-state index in [9.17, 15) is 0 Å². The van der Waals surface area contributed by atoms with Crippen molar-refractivity contribution >= 4 is 11.3 Å². The fourth-order valence-corrected chi connectivity index (χ4v) is 2.58. The van der Waals surface area contributed by atoms with Crippen LogP contribution in [0.25, 0.3) is 0 Å². The lowest BCUT2D eigenvalue weighted by atomic mass is 9.98. The molecule has 0 radical (unpaired) electrons. The highest BCUT2D eigenvalue weighted by atomic mass is 32.1. The third-order valence-electron chi connectivity index (χ3n) is 2.73. The van der Waals surface area contributed by atoms with Gasteiger partial charge in [-0.15, -0.1) is 0 Å². The number of thiophene rings is 1. The van der Waals surface area contributed by atoms with Crippen LogP contribution in [0.2, 0.25) is 0 Å². The van der Waals surface area contributed by atoms with Gasteiger partial charge in [0.2, 0.25) is 0 Å². The average Bonchev–Trinajstić information content (AvgIpc) is 2.90. The van der Waals surface area contributed by atoms with E-state index >= 15 is 0 Å². The van der Waals surface area contributed by atoms with Crippen molar-refractivity contribution in [1.29, 1.82) is 0 Å². The van der Waals surface area contributed by atoms with E-state index in [4.69, 9.17) is 10.5 Å². The molecule has 0 aliphatic carbocycles. The zero-order chi connectivity index (χ0) is 12.1. The Labute approximate surface area is 106 Å². The topological polar surface area (TPSA) is 35.2 Å². The normalized spacial score (nSPS) is 14.5.